The number of halogens is 1. The molecular formula is C12H23ClN2O2. The first-order chi connectivity index (χ1) is 7.68. The SMILES string of the molecule is CC(N)C1CCN(C(=O)C2CCCO2)CC1.Cl. The zero-order chi connectivity index (χ0) is 11.5. The highest BCUT2D eigenvalue weighted by atomic mass is 35.5. The second kappa shape index (κ2) is 6.57. The number of nitrogens with zero attached hydrogens (tertiary/aromatic N) is 1. The molecule has 2 aliphatic heterocycles. The van der Waals surface area contributed by atoms with E-state index < -0.39 is 0 Å². The van der Waals surface area contributed by atoms with Gasteiger partial charge in [-0.1, -0.05) is 0 Å². The minimum atomic E-state index is -0.160. The van der Waals surface area contributed by atoms with Gasteiger partial charge in [0.1, 0.15) is 6.10 Å². The average Bonchev–Trinajstić information content (AvgIpc) is 2.81. The molecule has 2 saturated heterocycles. The van der Waals surface area contributed by atoms with Crippen LogP contribution < -0.4 is 5.73 Å². The summed E-state index contributed by atoms with van der Waals surface area (Å²) in [6.07, 6.45) is 3.83. The summed E-state index contributed by atoms with van der Waals surface area (Å²) in [7, 11) is 0. The van der Waals surface area contributed by atoms with Gasteiger partial charge in [-0.3, -0.25) is 4.79 Å². The van der Waals surface area contributed by atoms with E-state index in [9.17, 15) is 4.79 Å². The van der Waals surface area contributed by atoms with E-state index >= 15 is 0 Å². The highest BCUT2D eigenvalue weighted by Gasteiger charge is 2.31. The Labute approximate surface area is 109 Å². The molecule has 2 rings (SSSR count). The smallest absolute Gasteiger partial charge is 0.251 e. The van der Waals surface area contributed by atoms with Gasteiger partial charge < -0.3 is 15.4 Å². The number of rotatable bonds is 2. The van der Waals surface area contributed by atoms with Crippen molar-refractivity contribution in [3.63, 3.8) is 0 Å². The normalized spacial score (nSPS) is 27.6. The third kappa shape index (κ3) is 3.57. The Morgan fingerprint density at radius 2 is 2.00 bits per heavy atom. The zero-order valence-corrected chi connectivity index (χ0v) is 11.2. The zero-order valence-electron chi connectivity index (χ0n) is 10.4. The van der Waals surface area contributed by atoms with Crippen molar-refractivity contribution in [3.8, 4) is 0 Å². The summed E-state index contributed by atoms with van der Waals surface area (Å²) in [5.74, 6) is 0.772. The molecule has 17 heavy (non-hydrogen) atoms. The highest BCUT2D eigenvalue weighted by molar-refractivity contribution is 5.85. The van der Waals surface area contributed by atoms with Crippen LogP contribution in [-0.4, -0.2) is 42.6 Å². The molecule has 4 nitrogen and oxygen atoms in total. The largest absolute Gasteiger partial charge is 0.368 e. The first-order valence-corrected chi connectivity index (χ1v) is 6.34. The topological polar surface area (TPSA) is 55.6 Å². The maximum absolute atomic E-state index is 12.0. The number of carbonyl (C=O) groups excluding carboxylic acids is 1. The van der Waals surface area contributed by atoms with E-state index in [1.807, 2.05) is 4.90 Å². The monoisotopic (exact) mass is 262 g/mol. The summed E-state index contributed by atoms with van der Waals surface area (Å²) < 4.78 is 5.43. The van der Waals surface area contributed by atoms with Crippen molar-refractivity contribution >= 4 is 18.3 Å². The predicted octanol–water partition coefficient (Wildman–Crippen LogP) is 1.17. The fourth-order valence-corrected chi connectivity index (χ4v) is 2.62. The van der Waals surface area contributed by atoms with Crippen LogP contribution in [0.2, 0.25) is 0 Å². The molecule has 2 N–H and O–H groups in total. The molecule has 2 fully saturated rings. The molecule has 0 aromatic heterocycles. The third-order valence-electron chi connectivity index (χ3n) is 3.80. The standard InChI is InChI=1S/C12H22N2O2.ClH/c1-9(13)10-4-6-14(7-5-10)12(15)11-3-2-8-16-11;/h9-11H,2-8,13H2,1H3;1H. The van der Waals surface area contributed by atoms with Crippen molar-refractivity contribution in [3.05, 3.63) is 0 Å². The lowest BCUT2D eigenvalue weighted by Crippen LogP contribution is -2.46. The number of ether oxygens (including phenoxy) is 1. The van der Waals surface area contributed by atoms with E-state index in [1.54, 1.807) is 0 Å². The van der Waals surface area contributed by atoms with Gasteiger partial charge in [-0.2, -0.15) is 0 Å². The molecule has 0 saturated carbocycles. The summed E-state index contributed by atoms with van der Waals surface area (Å²) in [4.78, 5) is 14.0. The van der Waals surface area contributed by atoms with Gasteiger partial charge in [0.15, 0.2) is 0 Å². The molecule has 0 aliphatic carbocycles. The lowest BCUT2D eigenvalue weighted by Gasteiger charge is -2.34. The predicted molar refractivity (Wildman–Crippen MR) is 69.2 cm³/mol. The van der Waals surface area contributed by atoms with Gasteiger partial charge in [-0.15, -0.1) is 12.4 Å². The molecule has 100 valence electrons. The van der Waals surface area contributed by atoms with Crippen LogP contribution in [0.3, 0.4) is 0 Å². The van der Waals surface area contributed by atoms with Crippen LogP contribution >= 0.6 is 12.4 Å². The van der Waals surface area contributed by atoms with Gasteiger partial charge in [0.2, 0.25) is 0 Å². The van der Waals surface area contributed by atoms with E-state index in [0.29, 0.717) is 5.92 Å². The first kappa shape index (κ1) is 14.7. The molecule has 5 heteroatoms. The molecular weight excluding hydrogens is 240 g/mol. The Kier molecular flexibility index (Phi) is 5.70. The number of carbonyl (C=O) groups is 1. The fraction of sp³-hybridized carbons (Fsp3) is 0.917. The van der Waals surface area contributed by atoms with Gasteiger partial charge in [-0.05, 0) is 38.5 Å². The second-order valence-corrected chi connectivity index (χ2v) is 5.02. The summed E-state index contributed by atoms with van der Waals surface area (Å²) in [5.41, 5.74) is 5.88. The van der Waals surface area contributed by atoms with Crippen molar-refractivity contribution in [2.75, 3.05) is 19.7 Å². The molecule has 1 amide bonds. The summed E-state index contributed by atoms with van der Waals surface area (Å²) in [5, 5.41) is 0. The van der Waals surface area contributed by atoms with Crippen LogP contribution in [0.5, 0.6) is 0 Å². The molecule has 2 unspecified atom stereocenters. The molecule has 0 bridgehead atoms. The van der Waals surface area contributed by atoms with Gasteiger partial charge in [-0.25, -0.2) is 0 Å². The van der Waals surface area contributed by atoms with Crippen molar-refractivity contribution in [1.82, 2.24) is 4.90 Å². The minimum absolute atomic E-state index is 0. The summed E-state index contributed by atoms with van der Waals surface area (Å²) >= 11 is 0. The number of amides is 1. The van der Waals surface area contributed by atoms with Gasteiger partial charge >= 0.3 is 0 Å². The van der Waals surface area contributed by atoms with E-state index in [1.165, 1.54) is 0 Å². The van der Waals surface area contributed by atoms with Crippen LogP contribution in [0.1, 0.15) is 32.6 Å². The number of likely N-dealkylation sites (tertiary alicyclic amines) is 1. The third-order valence-corrected chi connectivity index (χ3v) is 3.80. The van der Waals surface area contributed by atoms with Crippen LogP contribution in [0.15, 0.2) is 0 Å². The fourth-order valence-electron chi connectivity index (χ4n) is 2.62. The van der Waals surface area contributed by atoms with Gasteiger partial charge in [0.25, 0.3) is 5.91 Å². The number of piperidine rings is 1. The number of hydrogen-bond acceptors (Lipinski definition) is 3. The molecule has 0 radical (unpaired) electrons. The maximum Gasteiger partial charge on any atom is 0.251 e. The molecule has 0 aromatic carbocycles. The molecule has 2 atom stereocenters. The molecule has 2 aliphatic rings. The van der Waals surface area contributed by atoms with E-state index in [4.69, 9.17) is 10.5 Å². The minimum Gasteiger partial charge on any atom is -0.368 e. The van der Waals surface area contributed by atoms with Crippen LogP contribution in [0, 0.1) is 5.92 Å². The lowest BCUT2D eigenvalue weighted by atomic mass is 9.91. The highest BCUT2D eigenvalue weighted by Crippen LogP contribution is 2.22. The van der Waals surface area contributed by atoms with E-state index in [0.717, 1.165) is 45.4 Å². The van der Waals surface area contributed by atoms with Crippen LogP contribution in [0.25, 0.3) is 0 Å². The number of hydrogen-bond donors (Lipinski definition) is 1. The lowest BCUT2D eigenvalue weighted by molar-refractivity contribution is -0.142. The Hall–Kier alpha value is -0.320. The van der Waals surface area contributed by atoms with Crippen molar-refractivity contribution < 1.29 is 9.53 Å². The second-order valence-electron chi connectivity index (χ2n) is 5.02. The van der Waals surface area contributed by atoms with Crippen molar-refractivity contribution in [2.24, 2.45) is 11.7 Å². The Balaban J connectivity index is 0.00000144. The average molecular weight is 263 g/mol. The quantitative estimate of drug-likeness (QED) is 0.813. The maximum atomic E-state index is 12.0. The number of nitrogens with two attached hydrogens (primary N) is 1. The molecule has 2 heterocycles. The van der Waals surface area contributed by atoms with Gasteiger partial charge in [0.05, 0.1) is 0 Å². The van der Waals surface area contributed by atoms with Crippen molar-refractivity contribution in [1.29, 1.82) is 0 Å². The Morgan fingerprint density at radius 3 is 2.47 bits per heavy atom. The molecule has 0 aromatic rings. The van der Waals surface area contributed by atoms with Crippen LogP contribution in [-0.2, 0) is 9.53 Å². The van der Waals surface area contributed by atoms with Crippen molar-refractivity contribution in [2.45, 2.75) is 44.8 Å². The Morgan fingerprint density at radius 1 is 1.35 bits per heavy atom. The van der Waals surface area contributed by atoms with Gasteiger partial charge in [0, 0.05) is 25.7 Å². The summed E-state index contributed by atoms with van der Waals surface area (Å²) in [6, 6.07) is 0.250. The summed E-state index contributed by atoms with van der Waals surface area (Å²) in [6.45, 7) is 4.50. The van der Waals surface area contributed by atoms with E-state index in [2.05, 4.69) is 6.92 Å². The van der Waals surface area contributed by atoms with Crippen LogP contribution in [0.4, 0.5) is 0 Å². The Bertz CT molecular complexity index is 247. The first-order valence-electron chi connectivity index (χ1n) is 6.34. The van der Waals surface area contributed by atoms with E-state index in [-0.39, 0.29) is 30.5 Å². The molecule has 0 spiro atoms.